The fraction of sp³-hybridized carbons (Fsp3) is 0.467. The molecule has 0 aliphatic carbocycles. The molecule has 0 fully saturated rings. The Hall–Kier alpha value is -1.04. The third-order valence-corrected chi connectivity index (χ3v) is 4.14. The van der Waals surface area contributed by atoms with Crippen LogP contribution in [0.1, 0.15) is 31.9 Å². The summed E-state index contributed by atoms with van der Waals surface area (Å²) in [6.45, 7) is 8.19. The monoisotopic (exact) mass is 248 g/mol. The summed E-state index contributed by atoms with van der Waals surface area (Å²) in [4.78, 5) is 0. The van der Waals surface area contributed by atoms with Gasteiger partial charge in [0.1, 0.15) is 0 Å². The van der Waals surface area contributed by atoms with Gasteiger partial charge >= 0.3 is 0 Å². The molecule has 0 bridgehead atoms. The van der Waals surface area contributed by atoms with Crippen molar-refractivity contribution >= 4 is 9.38 Å². The highest BCUT2D eigenvalue weighted by Gasteiger charge is 2.23. The SMILES string of the molecule is [2H][Si]([2H])(C)C(OCc1ccc(C#C)cc1)C(C)(C)C. The van der Waals surface area contributed by atoms with E-state index in [0.29, 0.717) is 6.61 Å². The van der Waals surface area contributed by atoms with Crippen molar-refractivity contribution in [3.63, 3.8) is 0 Å². The number of terminal acetylenes is 1. The van der Waals surface area contributed by atoms with Gasteiger partial charge in [0.05, 0.1) is 16.0 Å². The number of rotatable bonds is 4. The van der Waals surface area contributed by atoms with Crippen LogP contribution in [0.25, 0.3) is 0 Å². The fourth-order valence-corrected chi connectivity index (χ4v) is 2.76. The first-order valence-electron chi connectivity index (χ1n) is 6.82. The molecule has 1 aromatic carbocycles. The quantitative estimate of drug-likeness (QED) is 0.588. The van der Waals surface area contributed by atoms with Crippen molar-refractivity contribution in [1.82, 2.24) is 0 Å². The van der Waals surface area contributed by atoms with E-state index in [4.69, 9.17) is 13.6 Å². The molecular weight excluding hydrogens is 224 g/mol. The maximum absolute atomic E-state index is 8.03. The van der Waals surface area contributed by atoms with Crippen molar-refractivity contribution in [2.75, 3.05) is 0 Å². The molecule has 1 aromatic rings. The van der Waals surface area contributed by atoms with Gasteiger partial charge in [0.25, 0.3) is 0 Å². The van der Waals surface area contributed by atoms with E-state index in [2.05, 4.69) is 5.92 Å². The molecule has 0 saturated carbocycles. The van der Waals surface area contributed by atoms with E-state index in [1.807, 2.05) is 45.0 Å². The molecule has 1 rings (SSSR count). The third kappa shape index (κ3) is 4.38. The first-order valence-corrected chi connectivity index (χ1v) is 7.39. The highest BCUT2D eigenvalue weighted by atomic mass is 28.2. The summed E-state index contributed by atoms with van der Waals surface area (Å²) in [6, 6.07) is 7.62. The van der Waals surface area contributed by atoms with Crippen molar-refractivity contribution < 1.29 is 4.74 Å². The Balaban J connectivity index is 2.74. The molecule has 0 amide bonds. The minimum Gasteiger partial charge on any atom is -0.377 e. The lowest BCUT2D eigenvalue weighted by Gasteiger charge is -2.29. The van der Waals surface area contributed by atoms with Gasteiger partial charge in [-0.3, -0.25) is 0 Å². The maximum atomic E-state index is 8.03. The first kappa shape index (κ1) is 11.1. The van der Waals surface area contributed by atoms with Gasteiger partial charge in [-0.1, -0.05) is 45.4 Å². The second kappa shape index (κ2) is 6.04. The van der Waals surface area contributed by atoms with E-state index in [9.17, 15) is 0 Å². The second-order valence-corrected chi connectivity index (χ2v) is 6.29. The fourth-order valence-electron chi connectivity index (χ4n) is 1.64. The largest absolute Gasteiger partial charge is 0.377 e. The van der Waals surface area contributed by atoms with Crippen LogP contribution < -0.4 is 0 Å². The highest BCUT2D eigenvalue weighted by Crippen LogP contribution is 2.22. The maximum Gasteiger partial charge on any atom is 0.0716 e. The smallest absolute Gasteiger partial charge is 0.0716 e. The normalized spacial score (nSPS) is 15.7. The number of benzene rings is 1. The van der Waals surface area contributed by atoms with Gasteiger partial charge in [-0.05, 0) is 23.1 Å². The molecule has 1 nitrogen and oxygen atoms in total. The molecule has 0 aliphatic rings. The van der Waals surface area contributed by atoms with Gasteiger partial charge in [-0.25, -0.2) is 0 Å². The van der Waals surface area contributed by atoms with E-state index in [-0.39, 0.29) is 11.1 Å². The van der Waals surface area contributed by atoms with Crippen LogP contribution in [-0.2, 0) is 11.3 Å². The topological polar surface area (TPSA) is 9.23 Å². The lowest BCUT2D eigenvalue weighted by Crippen LogP contribution is -2.33. The summed E-state index contributed by atoms with van der Waals surface area (Å²) in [7, 11) is -2.85. The predicted molar refractivity (Wildman–Crippen MR) is 76.8 cm³/mol. The molecular formula is C15H22OSi. The van der Waals surface area contributed by atoms with Gasteiger partial charge in [-0.2, -0.15) is 0 Å². The lowest BCUT2D eigenvalue weighted by molar-refractivity contribution is 0.0248. The molecule has 0 aromatic heterocycles. The van der Waals surface area contributed by atoms with Crippen molar-refractivity contribution in [2.24, 2.45) is 5.41 Å². The van der Waals surface area contributed by atoms with Crippen LogP contribution in [0.3, 0.4) is 0 Å². The predicted octanol–water partition coefficient (Wildman–Crippen LogP) is 2.77. The molecule has 1 unspecified atom stereocenters. The average Bonchev–Trinajstić information content (AvgIpc) is 2.26. The third-order valence-electron chi connectivity index (χ3n) is 2.59. The van der Waals surface area contributed by atoms with Gasteiger partial charge in [0.2, 0.25) is 0 Å². The summed E-state index contributed by atoms with van der Waals surface area (Å²) < 4.78 is 21.9. The Morgan fingerprint density at radius 1 is 1.41 bits per heavy atom. The van der Waals surface area contributed by atoms with Gasteiger partial charge in [-0.15, -0.1) is 6.42 Å². The summed E-state index contributed by atoms with van der Waals surface area (Å²) in [6.07, 6.45) is 5.31. The zero-order valence-electron chi connectivity index (χ0n) is 13.1. The van der Waals surface area contributed by atoms with Crippen LogP contribution in [0.4, 0.5) is 0 Å². The molecule has 2 heteroatoms. The standard InChI is InChI=1S/C15H22OSi/c1-6-12-7-9-13(10-8-12)11-16-14(17-5)15(2,3)4/h1,7-10,14H,11,17H2,2-5H3/i17D2. The van der Waals surface area contributed by atoms with Crippen molar-refractivity contribution in [3.8, 4) is 12.3 Å². The molecule has 0 N–H and O–H groups in total. The number of ether oxygens (including phenoxy) is 1. The molecule has 0 heterocycles. The summed E-state index contributed by atoms with van der Waals surface area (Å²) in [5, 5.41) is 0. The van der Waals surface area contributed by atoms with E-state index >= 15 is 0 Å². The number of hydrogen-bond acceptors (Lipinski definition) is 1. The van der Waals surface area contributed by atoms with E-state index in [0.717, 1.165) is 11.1 Å². The Morgan fingerprint density at radius 3 is 2.41 bits per heavy atom. The van der Waals surface area contributed by atoms with Crippen LogP contribution in [0, 0.1) is 17.8 Å². The van der Waals surface area contributed by atoms with Crippen molar-refractivity contribution in [2.45, 2.75) is 39.7 Å². The molecule has 17 heavy (non-hydrogen) atoms. The van der Waals surface area contributed by atoms with Crippen molar-refractivity contribution in [3.05, 3.63) is 35.4 Å². The van der Waals surface area contributed by atoms with Gasteiger partial charge < -0.3 is 4.74 Å². The summed E-state index contributed by atoms with van der Waals surface area (Å²) >= 11 is 0. The first-order chi connectivity index (χ1) is 8.64. The summed E-state index contributed by atoms with van der Waals surface area (Å²) in [5.41, 5.74) is 1.35. The van der Waals surface area contributed by atoms with E-state index in [1.165, 1.54) is 0 Å². The van der Waals surface area contributed by atoms with Crippen molar-refractivity contribution in [1.29, 1.82) is 2.47 Å². The average molecular weight is 248 g/mol. The number of hydrogen-bond donors (Lipinski definition) is 0. The summed E-state index contributed by atoms with van der Waals surface area (Å²) in [5.74, 6) is 2.57. The molecule has 1 atom stereocenters. The van der Waals surface area contributed by atoms with Crippen LogP contribution in [0.5, 0.6) is 0 Å². The Labute approximate surface area is 110 Å². The Morgan fingerprint density at radius 2 is 2.00 bits per heavy atom. The highest BCUT2D eigenvalue weighted by molar-refractivity contribution is 6.35. The molecule has 0 aliphatic heterocycles. The van der Waals surface area contributed by atoms with Crippen LogP contribution in [-0.4, -0.2) is 17.6 Å². The molecule has 0 saturated heterocycles. The van der Waals surface area contributed by atoms with Gasteiger partial charge in [0, 0.05) is 13.8 Å². The van der Waals surface area contributed by atoms with Crippen LogP contribution >= 0.6 is 0 Å². The minimum absolute atomic E-state index is 0.191. The lowest BCUT2D eigenvalue weighted by atomic mass is 9.98. The molecule has 92 valence electrons. The zero-order chi connectivity index (χ0) is 14.7. The van der Waals surface area contributed by atoms with E-state index in [1.54, 1.807) is 6.55 Å². The second-order valence-electron chi connectivity index (χ2n) is 5.19. The Bertz CT molecular complexity index is 435. The van der Waals surface area contributed by atoms with Crippen LogP contribution in [0.15, 0.2) is 24.3 Å². The van der Waals surface area contributed by atoms with E-state index < -0.39 is 9.38 Å². The zero-order valence-corrected chi connectivity index (χ0v) is 12.1. The molecule has 0 radical (unpaired) electrons. The van der Waals surface area contributed by atoms with Gasteiger partial charge in [0.15, 0.2) is 0 Å². The molecule has 0 spiro atoms. The van der Waals surface area contributed by atoms with Crippen LogP contribution in [0.2, 0.25) is 6.55 Å². The minimum atomic E-state index is -2.85. The Kier molecular flexibility index (Phi) is 3.94.